The summed E-state index contributed by atoms with van der Waals surface area (Å²) in [4.78, 5) is 26.9. The Morgan fingerprint density at radius 2 is 1.91 bits per heavy atom. The molecule has 122 valence electrons. The number of pyridine rings is 1. The van der Waals surface area contributed by atoms with Crippen molar-refractivity contribution in [2.75, 3.05) is 20.8 Å². The highest BCUT2D eigenvalue weighted by molar-refractivity contribution is 5.96. The van der Waals surface area contributed by atoms with Crippen LogP contribution in [-0.4, -0.2) is 49.3 Å². The van der Waals surface area contributed by atoms with E-state index < -0.39 is 30.1 Å². The zero-order valence-electron chi connectivity index (χ0n) is 12.2. The molecule has 0 radical (unpaired) electrons. The summed E-state index contributed by atoms with van der Waals surface area (Å²) < 4.78 is 43.6. The van der Waals surface area contributed by atoms with Crippen molar-refractivity contribution in [3.8, 4) is 0 Å². The first-order valence-corrected chi connectivity index (χ1v) is 6.21. The van der Waals surface area contributed by atoms with E-state index in [-0.39, 0.29) is 11.3 Å². The molecule has 0 unspecified atom stereocenters. The molecule has 2 amide bonds. The lowest BCUT2D eigenvalue weighted by Gasteiger charge is -2.32. The summed E-state index contributed by atoms with van der Waals surface area (Å²) in [7, 11) is 2.51. The van der Waals surface area contributed by atoms with E-state index >= 15 is 0 Å². The first kappa shape index (κ1) is 17.9. The minimum atomic E-state index is -4.69. The van der Waals surface area contributed by atoms with Gasteiger partial charge in [0.05, 0.1) is 12.2 Å². The number of hydrogen-bond donors (Lipinski definition) is 2. The standard InChI is InChI=1S/C13H16F3N3O3/c1-12(7-22-3,13(14,15)16)19-10(20)8-4-5-9(18-6-8)11(21)17-2/h4-6H,7H2,1-3H3,(H,17,21)(H,19,20)/t12-/m0/s1. The topological polar surface area (TPSA) is 80.3 Å². The van der Waals surface area contributed by atoms with Crippen molar-refractivity contribution in [2.24, 2.45) is 0 Å². The van der Waals surface area contributed by atoms with Crippen LogP contribution in [0.25, 0.3) is 0 Å². The van der Waals surface area contributed by atoms with Crippen LogP contribution in [0.5, 0.6) is 0 Å². The monoisotopic (exact) mass is 319 g/mol. The van der Waals surface area contributed by atoms with Gasteiger partial charge in [0.2, 0.25) is 0 Å². The Hall–Kier alpha value is -2.16. The molecule has 0 saturated carbocycles. The second-order valence-corrected chi connectivity index (χ2v) is 4.73. The molecule has 22 heavy (non-hydrogen) atoms. The Morgan fingerprint density at radius 3 is 2.32 bits per heavy atom. The van der Waals surface area contributed by atoms with Gasteiger partial charge in [-0.3, -0.25) is 14.6 Å². The van der Waals surface area contributed by atoms with E-state index in [4.69, 9.17) is 0 Å². The number of hydrogen-bond acceptors (Lipinski definition) is 4. The molecule has 0 aliphatic carbocycles. The van der Waals surface area contributed by atoms with E-state index in [1.807, 2.05) is 5.32 Å². The van der Waals surface area contributed by atoms with Gasteiger partial charge in [0, 0.05) is 20.4 Å². The number of aromatic nitrogens is 1. The average molecular weight is 319 g/mol. The molecule has 0 bridgehead atoms. The minimum absolute atomic E-state index is 0.0505. The SMILES string of the molecule is CNC(=O)c1ccc(C(=O)N[C@@](C)(COC)C(F)(F)F)cn1. The molecule has 1 aromatic heterocycles. The van der Waals surface area contributed by atoms with Gasteiger partial charge in [-0.05, 0) is 19.1 Å². The van der Waals surface area contributed by atoms with Crippen LogP contribution in [0.2, 0.25) is 0 Å². The van der Waals surface area contributed by atoms with Crippen LogP contribution in [0.15, 0.2) is 18.3 Å². The molecule has 1 rings (SSSR count). The predicted molar refractivity (Wildman–Crippen MR) is 71.4 cm³/mol. The lowest BCUT2D eigenvalue weighted by atomic mass is 10.0. The van der Waals surface area contributed by atoms with Crippen molar-refractivity contribution >= 4 is 11.8 Å². The van der Waals surface area contributed by atoms with Crippen LogP contribution < -0.4 is 10.6 Å². The largest absolute Gasteiger partial charge is 0.413 e. The molecule has 0 aliphatic rings. The van der Waals surface area contributed by atoms with Gasteiger partial charge in [-0.1, -0.05) is 0 Å². The van der Waals surface area contributed by atoms with E-state index in [0.29, 0.717) is 0 Å². The van der Waals surface area contributed by atoms with Crippen molar-refractivity contribution < 1.29 is 27.5 Å². The maximum absolute atomic E-state index is 13.0. The van der Waals surface area contributed by atoms with Crippen LogP contribution >= 0.6 is 0 Å². The predicted octanol–water partition coefficient (Wildman–Crippen LogP) is 1.14. The van der Waals surface area contributed by atoms with E-state index in [1.165, 1.54) is 19.2 Å². The first-order valence-electron chi connectivity index (χ1n) is 6.21. The van der Waals surface area contributed by atoms with Gasteiger partial charge in [0.25, 0.3) is 11.8 Å². The van der Waals surface area contributed by atoms with E-state index in [0.717, 1.165) is 20.2 Å². The quantitative estimate of drug-likeness (QED) is 0.853. The third kappa shape index (κ3) is 3.94. The maximum Gasteiger partial charge on any atom is 0.413 e. The molecular weight excluding hydrogens is 303 g/mol. The summed E-state index contributed by atoms with van der Waals surface area (Å²) in [6.45, 7) is 0.0900. The zero-order chi connectivity index (χ0) is 17.0. The Kier molecular flexibility index (Phi) is 5.48. The van der Waals surface area contributed by atoms with E-state index in [1.54, 1.807) is 0 Å². The second kappa shape index (κ2) is 6.73. The van der Waals surface area contributed by atoms with E-state index in [9.17, 15) is 22.8 Å². The molecule has 0 spiro atoms. The van der Waals surface area contributed by atoms with Crippen LogP contribution in [0.3, 0.4) is 0 Å². The summed E-state index contributed by atoms with van der Waals surface area (Å²) >= 11 is 0. The number of amides is 2. The molecule has 2 N–H and O–H groups in total. The van der Waals surface area contributed by atoms with Crippen LogP contribution in [0.1, 0.15) is 27.8 Å². The lowest BCUT2D eigenvalue weighted by molar-refractivity contribution is -0.200. The number of rotatable bonds is 5. The fourth-order valence-corrected chi connectivity index (χ4v) is 1.59. The average Bonchev–Trinajstić information content (AvgIpc) is 2.45. The van der Waals surface area contributed by atoms with E-state index in [2.05, 4.69) is 15.0 Å². The first-order chi connectivity index (χ1) is 10.1. The van der Waals surface area contributed by atoms with Crippen molar-refractivity contribution in [1.82, 2.24) is 15.6 Å². The van der Waals surface area contributed by atoms with Gasteiger partial charge in [-0.25, -0.2) is 0 Å². The Labute approximate surface area is 125 Å². The van der Waals surface area contributed by atoms with Gasteiger partial charge in [-0.15, -0.1) is 0 Å². The van der Waals surface area contributed by atoms with Gasteiger partial charge in [0.15, 0.2) is 5.54 Å². The Bertz CT molecular complexity index is 546. The molecule has 0 saturated heterocycles. The van der Waals surface area contributed by atoms with Crippen LogP contribution in [0, 0.1) is 0 Å². The molecule has 0 aliphatic heterocycles. The third-order valence-corrected chi connectivity index (χ3v) is 2.93. The summed E-state index contributed by atoms with van der Waals surface area (Å²) in [5, 5.41) is 4.22. The fourth-order valence-electron chi connectivity index (χ4n) is 1.59. The smallest absolute Gasteiger partial charge is 0.382 e. The van der Waals surface area contributed by atoms with Gasteiger partial charge < -0.3 is 15.4 Å². The van der Waals surface area contributed by atoms with Gasteiger partial charge >= 0.3 is 6.18 Å². The highest BCUT2D eigenvalue weighted by Crippen LogP contribution is 2.30. The second-order valence-electron chi connectivity index (χ2n) is 4.73. The van der Waals surface area contributed by atoms with Crippen LogP contribution in [0.4, 0.5) is 13.2 Å². The van der Waals surface area contributed by atoms with Gasteiger partial charge in [0.1, 0.15) is 5.69 Å². The molecular formula is C13H16F3N3O3. The number of alkyl halides is 3. The normalized spacial score (nSPS) is 14.1. The summed E-state index contributed by atoms with van der Waals surface area (Å²) in [5.41, 5.74) is -2.58. The van der Waals surface area contributed by atoms with Crippen molar-refractivity contribution in [1.29, 1.82) is 0 Å². The minimum Gasteiger partial charge on any atom is -0.382 e. The summed E-state index contributed by atoms with van der Waals surface area (Å²) in [6.07, 6.45) is -3.66. The third-order valence-electron chi connectivity index (χ3n) is 2.93. The van der Waals surface area contributed by atoms with Crippen molar-refractivity contribution in [2.45, 2.75) is 18.6 Å². The molecule has 0 aromatic carbocycles. The molecule has 1 atom stereocenters. The highest BCUT2D eigenvalue weighted by Gasteiger charge is 2.52. The molecule has 1 heterocycles. The zero-order valence-corrected chi connectivity index (χ0v) is 12.2. The number of carbonyl (C=O) groups is 2. The Morgan fingerprint density at radius 1 is 1.27 bits per heavy atom. The van der Waals surface area contributed by atoms with Crippen molar-refractivity contribution in [3.05, 3.63) is 29.6 Å². The number of nitrogens with one attached hydrogen (secondary N) is 2. The summed E-state index contributed by atoms with van der Waals surface area (Å²) in [5.74, 6) is -1.43. The molecule has 1 aromatic rings. The van der Waals surface area contributed by atoms with Gasteiger partial charge in [-0.2, -0.15) is 13.2 Å². The lowest BCUT2D eigenvalue weighted by Crippen LogP contribution is -2.59. The number of methoxy groups -OCH3 is 1. The number of halogens is 3. The molecule has 9 heteroatoms. The number of carbonyl (C=O) groups excluding carboxylic acids is 2. The maximum atomic E-state index is 13.0. The van der Waals surface area contributed by atoms with Crippen LogP contribution in [-0.2, 0) is 4.74 Å². The Balaban J connectivity index is 2.94. The molecule has 0 fully saturated rings. The fraction of sp³-hybridized carbons (Fsp3) is 0.462. The summed E-state index contributed by atoms with van der Waals surface area (Å²) in [6, 6.07) is 2.46. The number of nitrogens with zero attached hydrogens (tertiary/aromatic N) is 1. The van der Waals surface area contributed by atoms with Crippen molar-refractivity contribution in [3.63, 3.8) is 0 Å². The number of ether oxygens (including phenoxy) is 1. The molecule has 6 nitrogen and oxygen atoms in total. The highest BCUT2D eigenvalue weighted by atomic mass is 19.4.